The molecule has 0 saturated heterocycles. The highest BCUT2D eigenvalue weighted by Crippen LogP contribution is 2.46. The second-order valence-electron chi connectivity index (χ2n) is 11.0. The summed E-state index contributed by atoms with van der Waals surface area (Å²) in [6, 6.07) is 20.7. The van der Waals surface area contributed by atoms with Gasteiger partial charge in [0.2, 0.25) is 0 Å². The third-order valence-electron chi connectivity index (χ3n) is 7.70. The Kier molecular flexibility index (Phi) is 5.80. The number of carbonyl (C=O) groups excluding carboxylic acids is 2. The maximum Gasteiger partial charge on any atom is 0.344 e. The van der Waals surface area contributed by atoms with Gasteiger partial charge in [0.1, 0.15) is 16.9 Å². The molecule has 37 heavy (non-hydrogen) atoms. The van der Waals surface area contributed by atoms with Crippen LogP contribution in [0.25, 0.3) is 10.8 Å². The highest BCUT2D eigenvalue weighted by molar-refractivity contribution is 7.16. The molecule has 0 fully saturated rings. The van der Waals surface area contributed by atoms with E-state index in [1.807, 2.05) is 48.5 Å². The highest BCUT2D eigenvalue weighted by Gasteiger charge is 2.36. The predicted molar refractivity (Wildman–Crippen MR) is 148 cm³/mol. The lowest BCUT2D eigenvalue weighted by Crippen LogP contribution is -2.38. The number of rotatable bonds is 3. The summed E-state index contributed by atoms with van der Waals surface area (Å²) in [6.07, 6.45) is 2.78. The van der Waals surface area contributed by atoms with E-state index in [2.05, 4.69) is 31.4 Å². The van der Waals surface area contributed by atoms with Crippen LogP contribution in [0, 0.1) is 11.3 Å². The van der Waals surface area contributed by atoms with Crippen LogP contribution in [-0.4, -0.2) is 11.9 Å². The van der Waals surface area contributed by atoms with Crippen molar-refractivity contribution in [2.24, 2.45) is 11.3 Å². The predicted octanol–water partition coefficient (Wildman–Crippen LogP) is 7.13. The van der Waals surface area contributed by atoms with E-state index in [0.717, 1.165) is 46.2 Å². The van der Waals surface area contributed by atoms with E-state index >= 15 is 0 Å². The van der Waals surface area contributed by atoms with Gasteiger partial charge in [-0.15, -0.1) is 11.3 Å². The normalized spacial score (nSPS) is 18.9. The molecule has 6 heteroatoms. The van der Waals surface area contributed by atoms with Crippen LogP contribution in [0.1, 0.15) is 70.1 Å². The number of hydrogen-bond donors (Lipinski definition) is 2. The number of benzene rings is 3. The zero-order valence-corrected chi connectivity index (χ0v) is 22.1. The molecule has 0 saturated carbocycles. The summed E-state index contributed by atoms with van der Waals surface area (Å²) in [4.78, 5) is 27.4. The molecule has 0 radical (unpaired) electrons. The second-order valence-corrected chi connectivity index (χ2v) is 12.2. The molecule has 2 heterocycles. The van der Waals surface area contributed by atoms with Crippen molar-refractivity contribution < 1.29 is 14.3 Å². The number of carbonyl (C=O) groups is 2. The van der Waals surface area contributed by atoms with E-state index in [9.17, 15) is 9.59 Å². The quantitative estimate of drug-likeness (QED) is 0.227. The van der Waals surface area contributed by atoms with Gasteiger partial charge in [-0.1, -0.05) is 69.3 Å². The van der Waals surface area contributed by atoms with Gasteiger partial charge in [0.15, 0.2) is 0 Å². The van der Waals surface area contributed by atoms with Crippen molar-refractivity contribution >= 4 is 39.0 Å². The number of ether oxygens (including phenoxy) is 1. The van der Waals surface area contributed by atoms with Crippen LogP contribution in [0.5, 0.6) is 5.75 Å². The third-order valence-corrected chi connectivity index (χ3v) is 8.89. The van der Waals surface area contributed by atoms with Crippen LogP contribution in [-0.2, 0) is 12.8 Å². The molecule has 2 N–H and O–H groups in total. The molecule has 2 atom stereocenters. The largest absolute Gasteiger partial charge is 0.423 e. The first-order chi connectivity index (χ1) is 17.8. The van der Waals surface area contributed by atoms with Gasteiger partial charge in [-0.05, 0) is 70.7 Å². The van der Waals surface area contributed by atoms with Crippen LogP contribution in [0.3, 0.4) is 0 Å². The summed E-state index contributed by atoms with van der Waals surface area (Å²) in [5.41, 5.74) is 3.75. The topological polar surface area (TPSA) is 67.4 Å². The van der Waals surface area contributed by atoms with Crippen molar-refractivity contribution in [3.8, 4) is 5.75 Å². The van der Waals surface area contributed by atoms with Crippen molar-refractivity contribution in [2.45, 2.75) is 46.2 Å². The Hall–Kier alpha value is -3.64. The SMILES string of the molecule is CC(C)(C)[C@@H]1CCc2c(sc3c2C(=O)N[C@@H](c2ccc(OC(=O)c4cccc5ccccc45)cc2)N3)C1. The van der Waals surface area contributed by atoms with E-state index in [4.69, 9.17) is 4.74 Å². The molecule has 188 valence electrons. The Balaban J connectivity index is 1.18. The fraction of sp³-hybridized carbons (Fsp3) is 0.290. The first-order valence-corrected chi connectivity index (χ1v) is 13.6. The average Bonchev–Trinajstić information content (AvgIpc) is 3.26. The second kappa shape index (κ2) is 9.03. The van der Waals surface area contributed by atoms with Gasteiger partial charge in [-0.25, -0.2) is 4.79 Å². The minimum absolute atomic E-state index is 0.0167. The third kappa shape index (κ3) is 4.40. The number of amides is 1. The molecular weight excluding hydrogens is 480 g/mol. The molecule has 1 amide bonds. The molecule has 3 aromatic carbocycles. The number of anilines is 1. The summed E-state index contributed by atoms with van der Waals surface area (Å²) < 4.78 is 5.68. The van der Waals surface area contributed by atoms with Crippen molar-refractivity contribution in [3.05, 3.63) is 93.9 Å². The lowest BCUT2D eigenvalue weighted by molar-refractivity contribution is 0.0736. The fourth-order valence-corrected chi connectivity index (χ4v) is 6.85. The molecule has 0 spiro atoms. The van der Waals surface area contributed by atoms with Crippen LogP contribution in [0.4, 0.5) is 5.00 Å². The smallest absolute Gasteiger partial charge is 0.344 e. The highest BCUT2D eigenvalue weighted by atomic mass is 32.1. The van der Waals surface area contributed by atoms with Crippen LogP contribution >= 0.6 is 11.3 Å². The van der Waals surface area contributed by atoms with Gasteiger partial charge in [0, 0.05) is 4.88 Å². The molecule has 6 rings (SSSR count). The van der Waals surface area contributed by atoms with E-state index in [1.54, 1.807) is 29.5 Å². The van der Waals surface area contributed by atoms with Crippen molar-refractivity contribution in [3.63, 3.8) is 0 Å². The molecule has 4 aromatic rings. The standard InChI is InChI=1S/C31H30N2O3S/c1-31(2,3)20-13-16-24-25(17-20)37-29-26(24)28(34)32-27(33-29)19-11-14-21(15-12-19)36-30(35)23-10-6-8-18-7-4-5-9-22(18)23/h4-12,14-15,20,27,33H,13,16-17H2,1-3H3,(H,32,34)/t20-,27-/m1/s1. The van der Waals surface area contributed by atoms with Crippen LogP contribution in [0.2, 0.25) is 0 Å². The molecule has 1 aromatic heterocycles. The maximum absolute atomic E-state index is 13.1. The first kappa shape index (κ1) is 23.7. The lowest BCUT2D eigenvalue weighted by atomic mass is 9.72. The summed E-state index contributed by atoms with van der Waals surface area (Å²) >= 11 is 1.73. The zero-order chi connectivity index (χ0) is 25.7. The van der Waals surface area contributed by atoms with E-state index in [-0.39, 0.29) is 17.5 Å². The van der Waals surface area contributed by atoms with Gasteiger partial charge in [-0.2, -0.15) is 0 Å². The monoisotopic (exact) mass is 510 g/mol. The summed E-state index contributed by atoms with van der Waals surface area (Å²) in [5.74, 6) is 0.681. The lowest BCUT2D eigenvalue weighted by Gasteiger charge is -2.34. The van der Waals surface area contributed by atoms with Gasteiger partial charge < -0.3 is 15.4 Å². The van der Waals surface area contributed by atoms with Crippen molar-refractivity contribution in [1.82, 2.24) is 5.32 Å². The molecule has 0 bridgehead atoms. The Labute approximate surface area is 220 Å². The van der Waals surface area contributed by atoms with Crippen LogP contribution < -0.4 is 15.4 Å². The number of thiophene rings is 1. The Bertz CT molecular complexity index is 1510. The number of fused-ring (bicyclic) bond motifs is 4. The van der Waals surface area contributed by atoms with Crippen LogP contribution in [0.15, 0.2) is 66.7 Å². The number of hydrogen-bond acceptors (Lipinski definition) is 5. The Morgan fingerprint density at radius 3 is 2.51 bits per heavy atom. The average molecular weight is 511 g/mol. The van der Waals surface area contributed by atoms with E-state index < -0.39 is 5.97 Å². The van der Waals surface area contributed by atoms with Gasteiger partial charge >= 0.3 is 5.97 Å². The zero-order valence-electron chi connectivity index (χ0n) is 21.3. The summed E-state index contributed by atoms with van der Waals surface area (Å²) in [7, 11) is 0. The summed E-state index contributed by atoms with van der Waals surface area (Å²) in [6.45, 7) is 6.92. The molecule has 1 aliphatic carbocycles. The fourth-order valence-electron chi connectivity index (χ4n) is 5.50. The first-order valence-electron chi connectivity index (χ1n) is 12.8. The summed E-state index contributed by atoms with van der Waals surface area (Å²) in [5, 5.41) is 9.48. The Morgan fingerprint density at radius 1 is 0.973 bits per heavy atom. The van der Waals surface area contributed by atoms with E-state index in [0.29, 0.717) is 17.2 Å². The number of esters is 1. The number of nitrogens with one attached hydrogen (secondary N) is 2. The minimum atomic E-state index is -0.393. The van der Waals surface area contributed by atoms with Crippen molar-refractivity contribution in [2.75, 3.05) is 5.32 Å². The van der Waals surface area contributed by atoms with Gasteiger partial charge in [0.25, 0.3) is 5.91 Å². The molecule has 2 aliphatic rings. The molecule has 0 unspecified atom stereocenters. The van der Waals surface area contributed by atoms with E-state index in [1.165, 1.54) is 10.4 Å². The maximum atomic E-state index is 13.1. The molecule has 1 aliphatic heterocycles. The van der Waals surface area contributed by atoms with Gasteiger partial charge in [-0.3, -0.25) is 4.79 Å². The Morgan fingerprint density at radius 2 is 1.73 bits per heavy atom. The van der Waals surface area contributed by atoms with Crippen molar-refractivity contribution in [1.29, 1.82) is 0 Å². The minimum Gasteiger partial charge on any atom is -0.423 e. The molecule has 5 nitrogen and oxygen atoms in total. The van der Waals surface area contributed by atoms with Gasteiger partial charge in [0.05, 0.1) is 11.1 Å². The molecular formula is C31H30N2O3S.